The smallest absolute Gasteiger partial charge is 0.348 e. The van der Waals surface area contributed by atoms with Crippen molar-refractivity contribution in [3.63, 3.8) is 0 Å². The van der Waals surface area contributed by atoms with Crippen LogP contribution in [-0.4, -0.2) is 27.5 Å². The van der Waals surface area contributed by atoms with E-state index in [2.05, 4.69) is 27.1 Å². The lowest BCUT2D eigenvalue weighted by Crippen LogP contribution is -2.40. The maximum absolute atomic E-state index is 11.8. The maximum Gasteiger partial charge on any atom is 0.353 e. The molecule has 26 heavy (non-hydrogen) atoms. The predicted octanol–water partition coefficient (Wildman–Crippen LogP) is 4.86. The molecule has 1 aliphatic rings. The fourth-order valence-electron chi connectivity index (χ4n) is 3.35. The highest BCUT2D eigenvalue weighted by Crippen LogP contribution is 2.37. The fourth-order valence-corrected chi connectivity index (χ4v) is 3.53. The lowest BCUT2D eigenvalue weighted by atomic mass is 10.00. The van der Waals surface area contributed by atoms with Gasteiger partial charge in [0.05, 0.1) is 4.92 Å². The summed E-state index contributed by atoms with van der Waals surface area (Å²) < 4.78 is 0. The van der Waals surface area contributed by atoms with Gasteiger partial charge in [0, 0.05) is 23.3 Å². The number of nitrogens with zero attached hydrogens (tertiary/aromatic N) is 4. The van der Waals surface area contributed by atoms with Gasteiger partial charge in [-0.3, -0.25) is 10.1 Å². The van der Waals surface area contributed by atoms with Crippen LogP contribution in [0.2, 0.25) is 5.02 Å². The molecular formula is C18H22ClN5O2. The molecule has 2 aromatic rings. The molecule has 1 aromatic heterocycles. The Morgan fingerprint density at radius 3 is 2.88 bits per heavy atom. The zero-order valence-electron chi connectivity index (χ0n) is 14.9. The number of aryl methyl sites for hydroxylation is 1. The summed E-state index contributed by atoms with van der Waals surface area (Å²) in [5.41, 5.74) is 1.50. The normalized spacial score (nSPS) is 17.2. The molecule has 8 heteroatoms. The van der Waals surface area contributed by atoms with Crippen molar-refractivity contribution in [1.29, 1.82) is 0 Å². The third-order valence-corrected chi connectivity index (χ3v) is 5.20. The van der Waals surface area contributed by atoms with Gasteiger partial charge in [-0.1, -0.05) is 24.6 Å². The third-order valence-electron chi connectivity index (χ3n) is 4.79. The van der Waals surface area contributed by atoms with Gasteiger partial charge in [0.1, 0.15) is 6.33 Å². The summed E-state index contributed by atoms with van der Waals surface area (Å²) in [4.78, 5) is 21.9. The van der Waals surface area contributed by atoms with Gasteiger partial charge in [-0.25, -0.2) is 9.97 Å². The molecule has 7 nitrogen and oxygen atoms in total. The van der Waals surface area contributed by atoms with Crippen molar-refractivity contribution < 1.29 is 4.92 Å². The lowest BCUT2D eigenvalue weighted by molar-refractivity contribution is -0.383. The highest BCUT2D eigenvalue weighted by atomic mass is 35.5. The number of rotatable bonds is 5. The first-order chi connectivity index (χ1) is 12.5. The average molecular weight is 376 g/mol. The highest BCUT2D eigenvalue weighted by molar-refractivity contribution is 6.31. The predicted molar refractivity (Wildman–Crippen MR) is 103 cm³/mol. The summed E-state index contributed by atoms with van der Waals surface area (Å²) in [7, 11) is 0. The fraction of sp³-hybridized carbons (Fsp3) is 0.444. The zero-order chi connectivity index (χ0) is 18.7. The minimum Gasteiger partial charge on any atom is -0.348 e. The standard InChI is InChI=1S/C18H22ClN5O2/c1-3-14-6-4-5-9-23(14)18-16(24(25)26)17(20-11-21-18)22-13-8-7-12(2)15(19)10-13/h7-8,10-11,14H,3-6,9H2,1-2H3,(H,20,21,22). The second-order valence-electron chi connectivity index (χ2n) is 6.49. The minimum atomic E-state index is -0.408. The van der Waals surface area contributed by atoms with Gasteiger partial charge in [0.25, 0.3) is 0 Å². The Bertz CT molecular complexity index is 814. The van der Waals surface area contributed by atoms with Gasteiger partial charge in [-0.15, -0.1) is 0 Å². The molecule has 0 bridgehead atoms. The quantitative estimate of drug-likeness (QED) is 0.593. The first-order valence-corrected chi connectivity index (χ1v) is 9.18. The van der Waals surface area contributed by atoms with Crippen LogP contribution < -0.4 is 10.2 Å². The van der Waals surface area contributed by atoms with Gasteiger partial charge >= 0.3 is 5.69 Å². The summed E-state index contributed by atoms with van der Waals surface area (Å²) in [6, 6.07) is 5.68. The molecule has 0 radical (unpaired) electrons. The maximum atomic E-state index is 11.8. The van der Waals surface area contributed by atoms with Gasteiger partial charge in [0.15, 0.2) is 0 Å². The molecule has 3 rings (SSSR count). The SMILES string of the molecule is CCC1CCCCN1c1ncnc(Nc2ccc(C)c(Cl)c2)c1[N+](=O)[O-]. The molecule has 1 N–H and O–H groups in total. The molecule has 0 spiro atoms. The minimum absolute atomic E-state index is 0.0930. The number of benzene rings is 1. The van der Waals surface area contributed by atoms with Crippen molar-refractivity contribution in [2.24, 2.45) is 0 Å². The van der Waals surface area contributed by atoms with Crippen LogP contribution in [0.4, 0.5) is 23.0 Å². The number of aromatic nitrogens is 2. The van der Waals surface area contributed by atoms with Crippen LogP contribution in [0.3, 0.4) is 0 Å². The average Bonchev–Trinajstić information content (AvgIpc) is 2.64. The summed E-state index contributed by atoms with van der Waals surface area (Å²) >= 11 is 6.16. The Labute approximate surface area is 157 Å². The van der Waals surface area contributed by atoms with Crippen LogP contribution in [0.5, 0.6) is 0 Å². The topological polar surface area (TPSA) is 84.2 Å². The number of halogens is 1. The van der Waals surface area contributed by atoms with Crippen molar-refractivity contribution in [3.05, 3.63) is 45.2 Å². The molecule has 1 aromatic carbocycles. The molecule has 0 aliphatic carbocycles. The number of nitrogens with one attached hydrogen (secondary N) is 1. The second kappa shape index (κ2) is 7.86. The van der Waals surface area contributed by atoms with Gasteiger partial charge < -0.3 is 10.2 Å². The van der Waals surface area contributed by atoms with Crippen molar-refractivity contribution in [2.45, 2.75) is 45.6 Å². The number of anilines is 3. The van der Waals surface area contributed by atoms with E-state index in [4.69, 9.17) is 11.6 Å². The lowest BCUT2D eigenvalue weighted by Gasteiger charge is -2.35. The number of hydrogen-bond donors (Lipinski definition) is 1. The molecule has 1 fully saturated rings. The van der Waals surface area contributed by atoms with E-state index in [-0.39, 0.29) is 17.5 Å². The highest BCUT2D eigenvalue weighted by Gasteiger charge is 2.31. The second-order valence-corrected chi connectivity index (χ2v) is 6.90. The van der Waals surface area contributed by atoms with Crippen LogP contribution in [0.1, 0.15) is 38.2 Å². The Balaban J connectivity index is 2.00. The zero-order valence-corrected chi connectivity index (χ0v) is 15.7. The molecule has 138 valence electrons. The molecule has 0 amide bonds. The summed E-state index contributed by atoms with van der Waals surface area (Å²) in [6.45, 7) is 4.77. The van der Waals surface area contributed by atoms with Crippen molar-refractivity contribution >= 4 is 34.6 Å². The molecule has 1 aliphatic heterocycles. The first-order valence-electron chi connectivity index (χ1n) is 8.80. The summed E-state index contributed by atoms with van der Waals surface area (Å²) in [5, 5.41) is 15.4. The first kappa shape index (κ1) is 18.4. The van der Waals surface area contributed by atoms with E-state index in [0.29, 0.717) is 16.5 Å². The number of nitro groups is 1. The van der Waals surface area contributed by atoms with Gasteiger partial charge in [-0.2, -0.15) is 0 Å². The van der Waals surface area contributed by atoms with Crippen molar-refractivity contribution in [2.75, 3.05) is 16.8 Å². The molecule has 1 saturated heterocycles. The van der Waals surface area contributed by atoms with Crippen LogP contribution in [-0.2, 0) is 0 Å². The molecular weight excluding hydrogens is 354 g/mol. The van der Waals surface area contributed by atoms with Crippen LogP contribution >= 0.6 is 11.6 Å². The monoisotopic (exact) mass is 375 g/mol. The molecule has 1 unspecified atom stereocenters. The third kappa shape index (κ3) is 3.72. The Kier molecular flexibility index (Phi) is 5.56. The van der Waals surface area contributed by atoms with E-state index in [1.165, 1.54) is 6.33 Å². The van der Waals surface area contributed by atoms with Crippen molar-refractivity contribution in [1.82, 2.24) is 9.97 Å². The molecule has 2 heterocycles. The van der Waals surface area contributed by atoms with E-state index in [0.717, 1.165) is 37.8 Å². The van der Waals surface area contributed by atoms with Crippen LogP contribution in [0, 0.1) is 17.0 Å². The van der Waals surface area contributed by atoms with Crippen LogP contribution in [0.15, 0.2) is 24.5 Å². The summed E-state index contributed by atoms with van der Waals surface area (Å²) in [6.07, 6.45) is 5.47. The van der Waals surface area contributed by atoms with Crippen LogP contribution in [0.25, 0.3) is 0 Å². The molecule has 1 atom stereocenters. The Morgan fingerprint density at radius 1 is 1.38 bits per heavy atom. The van der Waals surface area contributed by atoms with E-state index in [1.54, 1.807) is 6.07 Å². The largest absolute Gasteiger partial charge is 0.353 e. The van der Waals surface area contributed by atoms with E-state index in [9.17, 15) is 10.1 Å². The van der Waals surface area contributed by atoms with Gasteiger partial charge in [0.2, 0.25) is 11.6 Å². The Morgan fingerprint density at radius 2 is 2.19 bits per heavy atom. The van der Waals surface area contributed by atoms with Crippen molar-refractivity contribution in [3.8, 4) is 0 Å². The van der Waals surface area contributed by atoms with E-state index < -0.39 is 4.92 Å². The van der Waals surface area contributed by atoms with Gasteiger partial charge in [-0.05, 0) is 50.3 Å². The number of piperidine rings is 1. The number of hydrogen-bond acceptors (Lipinski definition) is 6. The van der Waals surface area contributed by atoms with E-state index >= 15 is 0 Å². The summed E-state index contributed by atoms with van der Waals surface area (Å²) in [5.74, 6) is 0.567. The molecule has 0 saturated carbocycles. The Hall–Kier alpha value is -2.41. The van der Waals surface area contributed by atoms with E-state index in [1.807, 2.05) is 19.1 Å².